The summed E-state index contributed by atoms with van der Waals surface area (Å²) in [6.07, 6.45) is 2.27. The van der Waals surface area contributed by atoms with Gasteiger partial charge in [0.15, 0.2) is 17.3 Å². The summed E-state index contributed by atoms with van der Waals surface area (Å²) in [4.78, 5) is 18.3. The molecule has 1 atom stereocenters. The van der Waals surface area contributed by atoms with Gasteiger partial charge in [-0.25, -0.2) is 4.98 Å². The van der Waals surface area contributed by atoms with Gasteiger partial charge in [-0.05, 0) is 71.7 Å². The van der Waals surface area contributed by atoms with Crippen molar-refractivity contribution in [2.24, 2.45) is 5.10 Å². The van der Waals surface area contributed by atoms with E-state index >= 15 is 0 Å². The molecule has 3 aromatic carbocycles. The number of methoxy groups -OCH3 is 1. The molecule has 0 N–H and O–H groups in total. The number of aromatic nitrogens is 2. The Morgan fingerprint density at radius 2 is 1.97 bits per heavy atom. The lowest BCUT2D eigenvalue weighted by Crippen LogP contribution is -2.20. The fraction of sp³-hybridized carbons (Fsp3) is 0.179. The van der Waals surface area contributed by atoms with E-state index in [1.165, 1.54) is 10.9 Å². The highest BCUT2D eigenvalue weighted by atomic mass is 79.9. The van der Waals surface area contributed by atoms with Crippen molar-refractivity contribution in [3.05, 3.63) is 84.5 Å². The van der Waals surface area contributed by atoms with Gasteiger partial charge in [0.05, 0.1) is 30.3 Å². The van der Waals surface area contributed by atoms with E-state index in [1.807, 2.05) is 44.2 Å². The van der Waals surface area contributed by atoms with Crippen molar-refractivity contribution in [2.75, 3.05) is 7.11 Å². The van der Waals surface area contributed by atoms with Gasteiger partial charge in [0, 0.05) is 19.9 Å². The van der Waals surface area contributed by atoms with Crippen molar-refractivity contribution in [1.82, 2.24) is 9.66 Å². The van der Waals surface area contributed by atoms with Crippen LogP contribution >= 0.6 is 43.5 Å². The van der Waals surface area contributed by atoms with E-state index in [2.05, 4.69) is 37.0 Å². The third-order valence-electron chi connectivity index (χ3n) is 6.03. The lowest BCUT2D eigenvalue weighted by atomic mass is 10.2. The average Bonchev–Trinajstić information content (AvgIpc) is 3.34. The molecule has 0 aliphatic rings. The van der Waals surface area contributed by atoms with Gasteiger partial charge in [0.2, 0.25) is 5.82 Å². The van der Waals surface area contributed by atoms with Gasteiger partial charge in [-0.1, -0.05) is 46.6 Å². The third kappa shape index (κ3) is 4.98. The normalized spacial score (nSPS) is 12.5. The second-order valence-electron chi connectivity index (χ2n) is 8.57. The fourth-order valence-corrected chi connectivity index (χ4v) is 4.90. The molecule has 7 nitrogen and oxygen atoms in total. The molecule has 0 bridgehead atoms. The van der Waals surface area contributed by atoms with Gasteiger partial charge >= 0.3 is 0 Å². The fourth-order valence-electron chi connectivity index (χ4n) is 3.88. The molecule has 5 rings (SSSR count). The molecule has 0 saturated carbocycles. The number of rotatable bonds is 7. The SMILES string of the molecule is CC[C@@H](C)Oc1c(OC)cc(C=Nn2c(-c3cc4cc(Br)ccc4o3)nc3ccccc3c2=O)c(Br)c1Cl. The zero-order valence-corrected chi connectivity index (χ0v) is 24.6. The predicted octanol–water partition coefficient (Wildman–Crippen LogP) is 8.06. The first-order valence-corrected chi connectivity index (χ1v) is 13.7. The molecule has 0 aliphatic heterocycles. The Hall–Kier alpha value is -3.14. The molecule has 2 heterocycles. The van der Waals surface area contributed by atoms with Crippen LogP contribution in [0.25, 0.3) is 33.5 Å². The summed E-state index contributed by atoms with van der Waals surface area (Å²) in [6, 6.07) is 16.4. The average molecular weight is 660 g/mol. The largest absolute Gasteiger partial charge is 0.493 e. The van der Waals surface area contributed by atoms with Gasteiger partial charge in [-0.15, -0.1) is 0 Å². The van der Waals surface area contributed by atoms with E-state index in [0.29, 0.717) is 48.8 Å². The summed E-state index contributed by atoms with van der Waals surface area (Å²) in [6.45, 7) is 3.98. The van der Waals surface area contributed by atoms with Crippen molar-refractivity contribution in [2.45, 2.75) is 26.4 Å². The molecule has 38 heavy (non-hydrogen) atoms. The van der Waals surface area contributed by atoms with E-state index in [4.69, 9.17) is 30.5 Å². The highest BCUT2D eigenvalue weighted by Crippen LogP contribution is 2.42. The number of halogens is 3. The number of fused-ring (bicyclic) bond motifs is 2. The Kier molecular flexibility index (Phi) is 7.61. The Bertz CT molecular complexity index is 1760. The molecule has 0 spiro atoms. The highest BCUT2D eigenvalue weighted by Gasteiger charge is 2.20. The molecule has 0 fully saturated rings. The molecule has 10 heteroatoms. The molecular weight excluding hydrogens is 638 g/mol. The molecule has 0 unspecified atom stereocenters. The Labute approximate surface area is 240 Å². The van der Waals surface area contributed by atoms with Crippen molar-refractivity contribution < 1.29 is 13.9 Å². The van der Waals surface area contributed by atoms with Crippen LogP contribution in [0.3, 0.4) is 0 Å². The van der Waals surface area contributed by atoms with Gasteiger partial charge in [-0.3, -0.25) is 4.79 Å². The van der Waals surface area contributed by atoms with Crippen molar-refractivity contribution >= 4 is 71.5 Å². The van der Waals surface area contributed by atoms with Crippen LogP contribution in [0.15, 0.2) is 77.9 Å². The van der Waals surface area contributed by atoms with Gasteiger partial charge in [0.25, 0.3) is 5.56 Å². The van der Waals surface area contributed by atoms with Crippen LogP contribution < -0.4 is 15.0 Å². The molecule has 0 radical (unpaired) electrons. The number of benzene rings is 3. The molecule has 194 valence electrons. The summed E-state index contributed by atoms with van der Waals surface area (Å²) in [5, 5.41) is 6.18. The Balaban J connectivity index is 1.67. The number of furan rings is 1. The van der Waals surface area contributed by atoms with Crippen LogP contribution in [-0.2, 0) is 0 Å². The predicted molar refractivity (Wildman–Crippen MR) is 158 cm³/mol. The summed E-state index contributed by atoms with van der Waals surface area (Å²) in [5.41, 5.74) is 1.45. The van der Waals surface area contributed by atoms with Crippen LogP contribution in [0, 0.1) is 0 Å². The molecule has 0 aliphatic carbocycles. The van der Waals surface area contributed by atoms with Crippen LogP contribution in [0.4, 0.5) is 0 Å². The summed E-state index contributed by atoms with van der Waals surface area (Å²) < 4.78 is 20.3. The number of hydrogen-bond donors (Lipinski definition) is 0. The van der Waals surface area contributed by atoms with E-state index in [1.54, 1.807) is 31.4 Å². The van der Waals surface area contributed by atoms with E-state index in [9.17, 15) is 4.79 Å². The number of ether oxygens (including phenoxy) is 2. The maximum absolute atomic E-state index is 13.6. The van der Waals surface area contributed by atoms with Crippen LogP contribution in [0.2, 0.25) is 5.02 Å². The van der Waals surface area contributed by atoms with E-state index in [-0.39, 0.29) is 17.5 Å². The van der Waals surface area contributed by atoms with Crippen LogP contribution in [-0.4, -0.2) is 29.1 Å². The first-order chi connectivity index (χ1) is 18.3. The zero-order valence-electron chi connectivity index (χ0n) is 20.7. The zero-order chi connectivity index (χ0) is 27.0. The lowest BCUT2D eigenvalue weighted by Gasteiger charge is -2.18. The number of hydrogen-bond acceptors (Lipinski definition) is 6. The maximum atomic E-state index is 13.6. The topological polar surface area (TPSA) is 78.8 Å². The number of para-hydroxylation sites is 1. The summed E-state index contributed by atoms with van der Waals surface area (Å²) in [5.74, 6) is 1.56. The number of nitrogens with zero attached hydrogens (tertiary/aromatic N) is 3. The Morgan fingerprint density at radius 1 is 1.18 bits per heavy atom. The van der Waals surface area contributed by atoms with Crippen LogP contribution in [0.5, 0.6) is 11.5 Å². The summed E-state index contributed by atoms with van der Waals surface area (Å²) in [7, 11) is 1.54. The first-order valence-electron chi connectivity index (χ1n) is 11.8. The molecule has 0 saturated heterocycles. The highest BCUT2D eigenvalue weighted by molar-refractivity contribution is 9.10. The lowest BCUT2D eigenvalue weighted by molar-refractivity contribution is 0.207. The van der Waals surface area contributed by atoms with Gasteiger partial charge in [0.1, 0.15) is 10.6 Å². The molecule has 0 amide bonds. The minimum atomic E-state index is -0.339. The molecule has 2 aromatic heterocycles. The Morgan fingerprint density at radius 3 is 2.74 bits per heavy atom. The summed E-state index contributed by atoms with van der Waals surface area (Å²) >= 11 is 13.7. The van der Waals surface area contributed by atoms with Crippen molar-refractivity contribution in [1.29, 1.82) is 0 Å². The second kappa shape index (κ2) is 10.9. The molecule has 5 aromatic rings. The van der Waals surface area contributed by atoms with Crippen molar-refractivity contribution in [3.8, 4) is 23.1 Å². The standard InChI is InChI=1S/C28H22Br2ClN3O4/c1-4-15(2)37-26-22(36-3)13-17(24(30)25(26)31)14-32-34-27(33-20-8-6-5-7-19(20)28(34)35)23-12-16-11-18(29)9-10-21(16)38-23/h5-15H,4H2,1-3H3/t15-/m1/s1. The quantitative estimate of drug-likeness (QED) is 0.165. The third-order valence-corrected chi connectivity index (χ3v) is 7.97. The minimum absolute atomic E-state index is 0.0536. The van der Waals surface area contributed by atoms with Crippen molar-refractivity contribution in [3.63, 3.8) is 0 Å². The first kappa shape index (κ1) is 26.5. The van der Waals surface area contributed by atoms with Crippen LogP contribution in [0.1, 0.15) is 25.8 Å². The van der Waals surface area contributed by atoms with Gasteiger partial charge < -0.3 is 13.9 Å². The smallest absolute Gasteiger partial charge is 0.282 e. The second-order valence-corrected chi connectivity index (χ2v) is 10.7. The van der Waals surface area contributed by atoms with E-state index < -0.39 is 0 Å². The maximum Gasteiger partial charge on any atom is 0.282 e. The minimum Gasteiger partial charge on any atom is -0.493 e. The van der Waals surface area contributed by atoms with E-state index in [0.717, 1.165) is 16.3 Å². The molecular formula is C28H22Br2ClN3O4. The van der Waals surface area contributed by atoms with Gasteiger partial charge in [-0.2, -0.15) is 9.78 Å². The monoisotopic (exact) mass is 657 g/mol.